The molecule has 0 bridgehead atoms. The molecule has 1 amide bonds. The van der Waals surface area contributed by atoms with Crippen molar-refractivity contribution in [1.29, 1.82) is 0 Å². The first kappa shape index (κ1) is 20.4. The van der Waals surface area contributed by atoms with E-state index in [1.165, 1.54) is 17.2 Å². The molecule has 1 fully saturated rings. The summed E-state index contributed by atoms with van der Waals surface area (Å²) in [5, 5.41) is 10.8. The highest BCUT2D eigenvalue weighted by Gasteiger charge is 2.37. The lowest BCUT2D eigenvalue weighted by Crippen LogP contribution is -2.39. The van der Waals surface area contributed by atoms with E-state index in [0.29, 0.717) is 24.7 Å². The highest BCUT2D eigenvalue weighted by Crippen LogP contribution is 2.39. The smallest absolute Gasteiger partial charge is 0.418 e. The van der Waals surface area contributed by atoms with Crippen LogP contribution in [-0.4, -0.2) is 35.0 Å². The molecule has 0 saturated carbocycles. The van der Waals surface area contributed by atoms with Gasteiger partial charge in [-0.15, -0.1) is 0 Å². The molecule has 0 atom stereocenters. The van der Waals surface area contributed by atoms with Gasteiger partial charge in [0.1, 0.15) is 17.5 Å². The zero-order valence-electron chi connectivity index (χ0n) is 15.1. The Balaban J connectivity index is 1.71. The minimum absolute atomic E-state index is 0.0561. The monoisotopic (exact) mass is 410 g/mol. The second kappa shape index (κ2) is 7.94. The number of amides is 1. The van der Waals surface area contributed by atoms with Crippen molar-refractivity contribution < 1.29 is 27.6 Å². The number of pyridine rings is 1. The number of ether oxygens (including phenoxy) is 1. The second-order valence-corrected chi connectivity index (χ2v) is 6.50. The quantitative estimate of drug-likeness (QED) is 0.599. The first-order valence-corrected chi connectivity index (χ1v) is 8.68. The Morgan fingerprint density at radius 3 is 2.52 bits per heavy atom. The number of carbonyl (C=O) groups is 1. The molecule has 3 rings (SSSR count). The first-order chi connectivity index (χ1) is 13.6. The summed E-state index contributed by atoms with van der Waals surface area (Å²) in [4.78, 5) is 26.5. The van der Waals surface area contributed by atoms with Crippen molar-refractivity contribution in [2.45, 2.75) is 25.1 Å². The van der Waals surface area contributed by atoms with Crippen LogP contribution in [0.4, 0.5) is 24.5 Å². The summed E-state index contributed by atoms with van der Waals surface area (Å²) in [5.41, 5.74) is 3.49. The maximum atomic E-state index is 13.4. The molecule has 2 heterocycles. The van der Waals surface area contributed by atoms with Crippen LogP contribution in [0.3, 0.4) is 0 Å². The van der Waals surface area contributed by atoms with Gasteiger partial charge in [-0.05, 0) is 12.1 Å². The third kappa shape index (κ3) is 4.73. The average Bonchev–Trinajstić information content (AvgIpc) is 2.67. The minimum atomic E-state index is -4.71. The molecule has 2 aromatic rings. The molecule has 2 N–H and O–H groups in total. The Labute approximate surface area is 163 Å². The molecule has 11 heteroatoms. The molecule has 0 aliphatic carbocycles. The molecule has 8 nitrogen and oxygen atoms in total. The van der Waals surface area contributed by atoms with Gasteiger partial charge >= 0.3 is 6.18 Å². The Bertz CT molecular complexity index is 928. The number of piperidine rings is 1. The van der Waals surface area contributed by atoms with E-state index in [1.807, 2.05) is 0 Å². The summed E-state index contributed by atoms with van der Waals surface area (Å²) >= 11 is 0. The lowest BCUT2D eigenvalue weighted by Gasteiger charge is -2.35. The van der Waals surface area contributed by atoms with Gasteiger partial charge in [-0.3, -0.25) is 19.9 Å². The van der Waals surface area contributed by atoms with Crippen molar-refractivity contribution in [3.63, 3.8) is 0 Å². The van der Waals surface area contributed by atoms with E-state index in [9.17, 15) is 28.1 Å². The number of nitro groups is 1. The van der Waals surface area contributed by atoms with Crippen LogP contribution < -0.4 is 15.4 Å². The molecule has 0 spiro atoms. The van der Waals surface area contributed by atoms with Gasteiger partial charge in [0.05, 0.1) is 10.5 Å². The van der Waals surface area contributed by atoms with Gasteiger partial charge in [0.15, 0.2) is 0 Å². The summed E-state index contributed by atoms with van der Waals surface area (Å²) in [6.45, 7) is 0.554. The number of nitro benzene ring substituents is 1. The lowest BCUT2D eigenvalue weighted by molar-refractivity contribution is -0.385. The number of benzene rings is 1. The maximum absolute atomic E-state index is 13.4. The molecule has 29 heavy (non-hydrogen) atoms. The number of halogens is 3. The molecule has 1 aromatic carbocycles. The van der Waals surface area contributed by atoms with Gasteiger partial charge in [-0.25, -0.2) is 0 Å². The summed E-state index contributed by atoms with van der Waals surface area (Å²) in [7, 11) is 0. The number of carbonyl (C=O) groups excluding carboxylic acids is 1. The predicted octanol–water partition coefficient (Wildman–Crippen LogP) is 3.16. The fourth-order valence-corrected chi connectivity index (χ4v) is 3.17. The molecular weight excluding hydrogens is 393 g/mol. The molecule has 0 radical (unpaired) electrons. The van der Waals surface area contributed by atoms with E-state index in [2.05, 4.69) is 4.98 Å². The Morgan fingerprint density at radius 2 is 1.93 bits per heavy atom. The second-order valence-electron chi connectivity index (χ2n) is 6.50. The van der Waals surface area contributed by atoms with E-state index in [4.69, 9.17) is 10.5 Å². The number of non-ortho nitro benzene ring substituents is 1. The van der Waals surface area contributed by atoms with Crippen LogP contribution in [0.15, 0.2) is 36.5 Å². The first-order valence-electron chi connectivity index (χ1n) is 8.68. The van der Waals surface area contributed by atoms with Crippen molar-refractivity contribution in [2.75, 3.05) is 18.0 Å². The number of aromatic nitrogens is 1. The van der Waals surface area contributed by atoms with Crippen LogP contribution >= 0.6 is 0 Å². The topological polar surface area (TPSA) is 112 Å². The van der Waals surface area contributed by atoms with Crippen LogP contribution in [0.2, 0.25) is 0 Å². The third-order valence-corrected chi connectivity index (χ3v) is 4.57. The summed E-state index contributed by atoms with van der Waals surface area (Å²) in [6, 6.07) is 5.73. The Hall–Kier alpha value is -3.37. The van der Waals surface area contributed by atoms with Crippen LogP contribution in [0.1, 0.15) is 28.9 Å². The Morgan fingerprint density at radius 1 is 1.24 bits per heavy atom. The van der Waals surface area contributed by atoms with E-state index in [1.54, 1.807) is 6.07 Å². The van der Waals surface area contributed by atoms with Crippen LogP contribution in [0, 0.1) is 10.1 Å². The predicted molar refractivity (Wildman–Crippen MR) is 96.7 cm³/mol. The summed E-state index contributed by atoms with van der Waals surface area (Å²) in [5.74, 6) is -0.290. The number of primary amides is 1. The van der Waals surface area contributed by atoms with Gasteiger partial charge in [-0.1, -0.05) is 0 Å². The van der Waals surface area contributed by atoms with E-state index in [-0.39, 0.29) is 30.6 Å². The SMILES string of the molecule is NC(=O)c1cc(OC2CCN(c3ccc([N+](=O)[O-])cc3C(F)(F)F)CC2)ccn1. The van der Waals surface area contributed by atoms with Crippen LogP contribution in [0.5, 0.6) is 5.75 Å². The zero-order valence-corrected chi connectivity index (χ0v) is 15.1. The number of hydrogen-bond acceptors (Lipinski definition) is 6. The number of alkyl halides is 3. The van der Waals surface area contributed by atoms with Crippen molar-refractivity contribution in [3.05, 3.63) is 57.9 Å². The Kier molecular flexibility index (Phi) is 5.57. The molecule has 1 saturated heterocycles. The normalized spacial score (nSPS) is 15.2. The highest BCUT2D eigenvalue weighted by molar-refractivity contribution is 5.91. The largest absolute Gasteiger partial charge is 0.490 e. The fraction of sp³-hybridized carbons (Fsp3) is 0.333. The minimum Gasteiger partial charge on any atom is -0.490 e. The average molecular weight is 410 g/mol. The molecule has 1 aliphatic heterocycles. The highest BCUT2D eigenvalue weighted by atomic mass is 19.4. The van der Waals surface area contributed by atoms with Crippen molar-refractivity contribution in [2.24, 2.45) is 5.73 Å². The van der Waals surface area contributed by atoms with Gasteiger partial charge in [0.25, 0.3) is 11.6 Å². The summed E-state index contributed by atoms with van der Waals surface area (Å²) in [6.07, 6.45) is -2.72. The standard InChI is InChI=1S/C18H17F3N4O4/c19-18(20,21)14-9-11(25(27)28)1-2-16(14)24-7-4-12(5-8-24)29-13-3-6-23-15(10-13)17(22)26/h1-3,6,9-10,12H,4-5,7-8H2,(H2,22,26). The number of nitrogens with two attached hydrogens (primary N) is 1. The number of nitrogens with zero attached hydrogens (tertiary/aromatic N) is 3. The zero-order chi connectivity index (χ0) is 21.2. The van der Waals surface area contributed by atoms with Crippen LogP contribution in [-0.2, 0) is 6.18 Å². The number of rotatable bonds is 5. The molecular formula is C18H17F3N4O4. The van der Waals surface area contributed by atoms with E-state index >= 15 is 0 Å². The van der Waals surface area contributed by atoms with Crippen molar-refractivity contribution in [3.8, 4) is 5.75 Å². The van der Waals surface area contributed by atoms with E-state index in [0.717, 1.165) is 12.1 Å². The van der Waals surface area contributed by atoms with Gasteiger partial charge in [-0.2, -0.15) is 13.2 Å². The van der Waals surface area contributed by atoms with Crippen molar-refractivity contribution >= 4 is 17.3 Å². The molecule has 1 aromatic heterocycles. The maximum Gasteiger partial charge on any atom is 0.418 e. The third-order valence-electron chi connectivity index (χ3n) is 4.57. The number of hydrogen-bond donors (Lipinski definition) is 1. The molecule has 0 unspecified atom stereocenters. The molecule has 1 aliphatic rings. The van der Waals surface area contributed by atoms with Gasteiger partial charge < -0.3 is 15.4 Å². The summed E-state index contributed by atoms with van der Waals surface area (Å²) < 4.78 is 46.0. The van der Waals surface area contributed by atoms with Crippen molar-refractivity contribution in [1.82, 2.24) is 4.98 Å². The fourth-order valence-electron chi connectivity index (χ4n) is 3.17. The van der Waals surface area contributed by atoms with Gasteiger partial charge in [0.2, 0.25) is 0 Å². The van der Waals surface area contributed by atoms with Crippen LogP contribution in [0.25, 0.3) is 0 Å². The molecule has 154 valence electrons. The number of anilines is 1. The van der Waals surface area contributed by atoms with E-state index < -0.39 is 28.3 Å². The lowest BCUT2D eigenvalue weighted by atomic mass is 10.0. The van der Waals surface area contributed by atoms with Gasteiger partial charge in [0, 0.05) is 56.0 Å².